The van der Waals surface area contributed by atoms with Gasteiger partial charge in [-0.05, 0) is 61.0 Å². The van der Waals surface area contributed by atoms with Crippen LogP contribution in [0.3, 0.4) is 0 Å². The number of carbonyl (C=O) groups excluding carboxylic acids is 1. The van der Waals surface area contributed by atoms with Crippen molar-refractivity contribution >= 4 is 19.3 Å². The van der Waals surface area contributed by atoms with Crippen LogP contribution < -0.4 is 4.74 Å². The van der Waals surface area contributed by atoms with Gasteiger partial charge in [0.05, 0.1) is 13.2 Å². The first-order valence-corrected chi connectivity index (χ1v) is 10.0. The summed E-state index contributed by atoms with van der Waals surface area (Å²) in [6.45, 7) is 11.1. The van der Waals surface area contributed by atoms with Crippen LogP contribution in [0.25, 0.3) is 0 Å². The lowest BCUT2D eigenvalue weighted by atomic mass is 9.71. The number of hydrogen-bond acceptors (Lipinski definition) is 5. The van der Waals surface area contributed by atoms with E-state index < -0.39 is 0 Å². The van der Waals surface area contributed by atoms with Crippen LogP contribution in [0.15, 0.2) is 53.2 Å². The second kappa shape index (κ2) is 9.85. The van der Waals surface area contributed by atoms with Crippen LogP contribution >= 0.6 is 0 Å². The zero-order chi connectivity index (χ0) is 19.9. The van der Waals surface area contributed by atoms with Gasteiger partial charge < -0.3 is 9.47 Å². The van der Waals surface area contributed by atoms with Gasteiger partial charge in [0.1, 0.15) is 20.2 Å². The minimum atomic E-state index is 0.0746. The number of ketones is 1. The highest BCUT2D eigenvalue weighted by Crippen LogP contribution is 2.30. The Labute approximate surface area is 168 Å². The summed E-state index contributed by atoms with van der Waals surface area (Å²) in [4.78, 5) is 19.0. The molecule has 1 heterocycles. The number of aliphatic imine (C=N–C) groups is 1. The molecule has 1 saturated carbocycles. The Balaban J connectivity index is 1.53. The molecule has 148 valence electrons. The van der Waals surface area contributed by atoms with Crippen LogP contribution in [0.2, 0.25) is 5.82 Å². The second-order valence-electron chi connectivity index (χ2n) is 7.48. The highest BCUT2D eigenvalue weighted by atomic mass is 16.5. The number of nitrogens with zero attached hydrogens (tertiary/aromatic N) is 2. The summed E-state index contributed by atoms with van der Waals surface area (Å²) < 4.78 is 11.2. The first-order chi connectivity index (χ1) is 13.5. The van der Waals surface area contributed by atoms with Crippen LogP contribution in [0.5, 0.6) is 5.75 Å². The summed E-state index contributed by atoms with van der Waals surface area (Å²) in [7, 11) is 1.96. The number of Topliss-reactive ketones (excluding diaryl/α,β-unsaturated/α-hetero) is 1. The monoisotopic (exact) mass is 380 g/mol. The lowest BCUT2D eigenvalue weighted by molar-refractivity contribution is -0.115. The molecule has 0 aromatic heterocycles. The molecule has 1 atom stereocenters. The molecule has 1 aliphatic heterocycles. The largest absolute Gasteiger partial charge is 0.492 e. The minimum absolute atomic E-state index is 0.0746. The molecule has 1 unspecified atom stereocenters. The third-order valence-corrected chi connectivity index (χ3v) is 5.45. The van der Waals surface area contributed by atoms with E-state index in [0.29, 0.717) is 12.2 Å². The van der Waals surface area contributed by atoms with E-state index in [-0.39, 0.29) is 11.6 Å². The van der Waals surface area contributed by atoms with Crippen molar-refractivity contribution in [2.24, 2.45) is 4.99 Å². The molecule has 1 aliphatic carbocycles. The summed E-state index contributed by atoms with van der Waals surface area (Å²) in [5.41, 5.74) is 3.51. The topological polar surface area (TPSA) is 51.1 Å². The molecule has 0 N–H and O–H groups in total. The van der Waals surface area contributed by atoms with Crippen molar-refractivity contribution in [1.82, 2.24) is 4.90 Å². The first-order valence-electron chi connectivity index (χ1n) is 10.0. The molecule has 0 amide bonds. The number of carbonyl (C=O) groups is 1. The fourth-order valence-electron chi connectivity index (χ4n) is 3.41. The molecule has 6 heteroatoms. The van der Waals surface area contributed by atoms with Crippen LogP contribution in [0.1, 0.15) is 25.3 Å². The number of morpholine rings is 1. The van der Waals surface area contributed by atoms with E-state index in [9.17, 15) is 4.79 Å². The summed E-state index contributed by atoms with van der Waals surface area (Å²) in [6.07, 6.45) is 3.53. The SMILES string of the molecule is BC1CC/C(=C/N=C(\C)c2ccc(OCCN3CCOCC3)cc2)C(=C)C1=O. The van der Waals surface area contributed by atoms with Gasteiger partial charge in [0.2, 0.25) is 0 Å². The lowest BCUT2D eigenvalue weighted by Crippen LogP contribution is -2.38. The van der Waals surface area contributed by atoms with Crippen molar-refractivity contribution in [3.05, 3.63) is 53.8 Å². The Bertz CT molecular complexity index is 764. The zero-order valence-electron chi connectivity index (χ0n) is 16.9. The number of rotatable bonds is 6. The average Bonchev–Trinajstić information content (AvgIpc) is 2.72. The molecule has 1 aromatic carbocycles. The van der Waals surface area contributed by atoms with Crippen molar-refractivity contribution in [1.29, 1.82) is 0 Å². The van der Waals surface area contributed by atoms with Crippen molar-refractivity contribution in [2.75, 3.05) is 39.5 Å². The van der Waals surface area contributed by atoms with Crippen LogP contribution in [0, 0.1) is 0 Å². The molecule has 2 fully saturated rings. The smallest absolute Gasteiger partial charge is 0.157 e. The third kappa shape index (κ3) is 5.43. The standard InChI is InChI=1S/C22H29BN2O3/c1-16-19(5-8-21(23)22(16)26)15-24-17(2)18-3-6-20(7-4-18)28-14-11-25-9-12-27-13-10-25/h3-4,6-7,15,21H,1,5,8-14,23H2,2H3/b19-15-,24-17+. The molecule has 28 heavy (non-hydrogen) atoms. The van der Waals surface area contributed by atoms with E-state index in [1.165, 1.54) is 0 Å². The van der Waals surface area contributed by atoms with Gasteiger partial charge in [-0.2, -0.15) is 0 Å². The maximum absolute atomic E-state index is 12.1. The maximum atomic E-state index is 12.1. The minimum Gasteiger partial charge on any atom is -0.492 e. The van der Waals surface area contributed by atoms with Gasteiger partial charge in [-0.3, -0.25) is 14.7 Å². The highest BCUT2D eigenvalue weighted by Gasteiger charge is 2.24. The van der Waals surface area contributed by atoms with Crippen LogP contribution in [-0.2, 0) is 9.53 Å². The average molecular weight is 380 g/mol. The van der Waals surface area contributed by atoms with Crippen molar-refractivity contribution < 1.29 is 14.3 Å². The van der Waals surface area contributed by atoms with E-state index >= 15 is 0 Å². The molecule has 1 aromatic rings. The fourth-order valence-corrected chi connectivity index (χ4v) is 3.41. The van der Waals surface area contributed by atoms with Crippen LogP contribution in [-0.4, -0.2) is 63.7 Å². The van der Waals surface area contributed by atoms with E-state index in [4.69, 9.17) is 9.47 Å². The van der Waals surface area contributed by atoms with Gasteiger partial charge >= 0.3 is 0 Å². The highest BCUT2D eigenvalue weighted by molar-refractivity contribution is 6.29. The van der Waals surface area contributed by atoms with Gasteiger partial charge in [-0.15, -0.1) is 0 Å². The predicted molar refractivity (Wildman–Crippen MR) is 115 cm³/mol. The summed E-state index contributed by atoms with van der Waals surface area (Å²) >= 11 is 0. The molecular weight excluding hydrogens is 351 g/mol. The lowest BCUT2D eigenvalue weighted by Gasteiger charge is -2.26. The number of hydrogen-bond donors (Lipinski definition) is 0. The van der Waals surface area contributed by atoms with Crippen molar-refractivity contribution in [2.45, 2.75) is 25.6 Å². The Morgan fingerprint density at radius 2 is 2.07 bits per heavy atom. The predicted octanol–water partition coefficient (Wildman–Crippen LogP) is 2.43. The number of ether oxygens (including phenoxy) is 2. The van der Waals surface area contributed by atoms with E-state index in [1.54, 1.807) is 6.20 Å². The third-order valence-electron chi connectivity index (χ3n) is 5.45. The Morgan fingerprint density at radius 1 is 1.36 bits per heavy atom. The number of benzene rings is 1. The molecule has 3 rings (SSSR count). The normalized spacial score (nSPS) is 23.2. The molecule has 0 radical (unpaired) electrons. The van der Waals surface area contributed by atoms with Crippen LogP contribution in [0.4, 0.5) is 0 Å². The van der Waals surface area contributed by atoms with Crippen molar-refractivity contribution in [3.63, 3.8) is 0 Å². The maximum Gasteiger partial charge on any atom is 0.157 e. The van der Waals surface area contributed by atoms with Gasteiger partial charge in [0.25, 0.3) is 0 Å². The van der Waals surface area contributed by atoms with Gasteiger partial charge in [0.15, 0.2) is 5.78 Å². The van der Waals surface area contributed by atoms with Gasteiger partial charge in [-0.1, -0.05) is 6.58 Å². The molecule has 2 aliphatic rings. The van der Waals surface area contributed by atoms with E-state index in [1.807, 2.05) is 39.0 Å². The fraction of sp³-hybridized carbons (Fsp3) is 0.455. The van der Waals surface area contributed by atoms with Crippen molar-refractivity contribution in [3.8, 4) is 5.75 Å². The summed E-state index contributed by atoms with van der Waals surface area (Å²) in [5.74, 6) is 1.08. The number of allylic oxidation sites excluding steroid dienone is 2. The first kappa shape index (κ1) is 20.6. The Hall–Kier alpha value is -2.18. The summed E-state index contributed by atoms with van der Waals surface area (Å²) in [6, 6.07) is 7.99. The molecule has 0 spiro atoms. The molecule has 0 bridgehead atoms. The van der Waals surface area contributed by atoms with Gasteiger partial charge in [0, 0.05) is 37.1 Å². The quantitative estimate of drug-likeness (QED) is 0.432. The van der Waals surface area contributed by atoms with Gasteiger partial charge in [-0.25, -0.2) is 0 Å². The Kier molecular flexibility index (Phi) is 7.23. The Morgan fingerprint density at radius 3 is 2.79 bits per heavy atom. The zero-order valence-corrected chi connectivity index (χ0v) is 16.9. The van der Waals surface area contributed by atoms with E-state index in [0.717, 1.165) is 68.3 Å². The van der Waals surface area contributed by atoms with E-state index in [2.05, 4.69) is 16.5 Å². The molecule has 5 nitrogen and oxygen atoms in total. The molecule has 1 saturated heterocycles. The molecular formula is C22H29BN2O3. The second-order valence-corrected chi connectivity index (χ2v) is 7.48. The summed E-state index contributed by atoms with van der Waals surface area (Å²) in [5, 5.41) is 0.